The van der Waals surface area contributed by atoms with Crippen LogP contribution in [0.1, 0.15) is 6.92 Å². The lowest BCUT2D eigenvalue weighted by atomic mass is 10.0. The average Bonchev–Trinajstić information content (AvgIpc) is 2.72. The minimum Gasteiger partial charge on any atom is -0.381 e. The van der Waals surface area contributed by atoms with Crippen molar-refractivity contribution < 1.29 is 9.13 Å². The van der Waals surface area contributed by atoms with Gasteiger partial charge in [-0.1, -0.05) is 6.07 Å². The largest absolute Gasteiger partial charge is 0.381 e. The number of benzene rings is 1. The molecule has 4 heteroatoms. The molecule has 0 aliphatic carbocycles. The van der Waals surface area contributed by atoms with Gasteiger partial charge in [-0.05, 0) is 19.1 Å². The van der Waals surface area contributed by atoms with Crippen molar-refractivity contribution in [1.82, 2.24) is 0 Å². The molecule has 0 aromatic heterocycles. The maximum Gasteiger partial charge on any atom is 0.148 e. The van der Waals surface area contributed by atoms with Gasteiger partial charge in [0.2, 0.25) is 0 Å². The van der Waals surface area contributed by atoms with Crippen LogP contribution in [0.15, 0.2) is 18.2 Å². The Labute approximate surface area is 101 Å². The highest BCUT2D eigenvalue weighted by atomic mass is 19.1. The molecule has 2 atom stereocenters. The number of ether oxygens (including phenoxy) is 1. The van der Waals surface area contributed by atoms with Gasteiger partial charge in [-0.3, -0.25) is 0 Å². The lowest BCUT2D eigenvalue weighted by molar-refractivity contribution is 0.185. The van der Waals surface area contributed by atoms with Crippen LogP contribution in [0.5, 0.6) is 0 Å². The van der Waals surface area contributed by atoms with Crippen molar-refractivity contribution in [3.05, 3.63) is 24.0 Å². The molecule has 1 aromatic carbocycles. The van der Waals surface area contributed by atoms with Crippen LogP contribution in [0.3, 0.4) is 0 Å². The molecule has 2 aliphatic rings. The number of para-hydroxylation sites is 1. The first-order valence-corrected chi connectivity index (χ1v) is 6.18. The Morgan fingerprint density at radius 2 is 2.35 bits per heavy atom. The zero-order valence-corrected chi connectivity index (χ0v) is 9.95. The second-order valence-electron chi connectivity index (χ2n) is 4.67. The zero-order valence-electron chi connectivity index (χ0n) is 9.95. The maximum atomic E-state index is 13.8. The van der Waals surface area contributed by atoms with E-state index in [9.17, 15) is 4.39 Å². The number of hydrogen-bond acceptors (Lipinski definition) is 3. The number of fused-ring (bicyclic) bond motifs is 2. The molecule has 3 rings (SSSR count). The lowest BCUT2D eigenvalue weighted by Crippen LogP contribution is -2.40. The average molecular weight is 236 g/mol. The molecule has 2 aliphatic heterocycles. The standard InChI is InChI=1S/C13H17FN2O/c1-2-16-11-5-3-4-10(14)13(11)15-6-9-7-17-8-12(9)16/h3-5,9,12,15H,2,6-8H2,1H3. The predicted octanol–water partition coefficient (Wildman–Crippen LogP) is 2.09. The van der Waals surface area contributed by atoms with E-state index in [4.69, 9.17) is 4.74 Å². The smallest absolute Gasteiger partial charge is 0.148 e. The second kappa shape index (κ2) is 4.18. The van der Waals surface area contributed by atoms with Crippen LogP contribution in [0.2, 0.25) is 0 Å². The van der Waals surface area contributed by atoms with Gasteiger partial charge in [0.15, 0.2) is 0 Å². The van der Waals surface area contributed by atoms with Crippen LogP contribution in [0.25, 0.3) is 0 Å². The third-order valence-corrected chi connectivity index (χ3v) is 3.75. The van der Waals surface area contributed by atoms with Crippen molar-refractivity contribution in [3.63, 3.8) is 0 Å². The highest BCUT2D eigenvalue weighted by Crippen LogP contribution is 2.36. The Balaban J connectivity index is 2.06. The van der Waals surface area contributed by atoms with Gasteiger partial charge < -0.3 is 15.0 Å². The summed E-state index contributed by atoms with van der Waals surface area (Å²) in [6.07, 6.45) is 0. The SMILES string of the molecule is CCN1c2cccc(F)c2NCC2COCC21. The number of halogens is 1. The minimum atomic E-state index is -0.165. The molecule has 1 N–H and O–H groups in total. The van der Waals surface area contributed by atoms with E-state index in [0.29, 0.717) is 17.6 Å². The third kappa shape index (κ3) is 1.67. The number of hydrogen-bond donors (Lipinski definition) is 1. The van der Waals surface area contributed by atoms with Gasteiger partial charge in [-0.2, -0.15) is 0 Å². The van der Waals surface area contributed by atoms with Crippen molar-refractivity contribution in [2.24, 2.45) is 5.92 Å². The first-order valence-electron chi connectivity index (χ1n) is 6.18. The Hall–Kier alpha value is -1.29. The molecule has 0 spiro atoms. The highest BCUT2D eigenvalue weighted by molar-refractivity contribution is 5.72. The number of anilines is 2. The molecule has 1 saturated heterocycles. The maximum absolute atomic E-state index is 13.8. The monoisotopic (exact) mass is 236 g/mol. The molecule has 0 radical (unpaired) electrons. The Morgan fingerprint density at radius 1 is 1.47 bits per heavy atom. The summed E-state index contributed by atoms with van der Waals surface area (Å²) in [5, 5.41) is 3.23. The van der Waals surface area contributed by atoms with Gasteiger partial charge in [0, 0.05) is 19.0 Å². The zero-order chi connectivity index (χ0) is 11.8. The molecule has 2 heterocycles. The summed E-state index contributed by atoms with van der Waals surface area (Å²) >= 11 is 0. The van der Waals surface area contributed by atoms with E-state index >= 15 is 0 Å². The van der Waals surface area contributed by atoms with Crippen molar-refractivity contribution in [2.75, 3.05) is 36.5 Å². The van der Waals surface area contributed by atoms with Crippen molar-refractivity contribution in [2.45, 2.75) is 13.0 Å². The van der Waals surface area contributed by atoms with Crippen molar-refractivity contribution >= 4 is 11.4 Å². The molecule has 17 heavy (non-hydrogen) atoms. The molecule has 0 amide bonds. The van der Waals surface area contributed by atoms with Crippen LogP contribution in [0.4, 0.5) is 15.8 Å². The summed E-state index contributed by atoms with van der Waals surface area (Å²) in [5.41, 5.74) is 1.61. The predicted molar refractivity (Wildman–Crippen MR) is 66.0 cm³/mol. The van der Waals surface area contributed by atoms with Gasteiger partial charge in [0.25, 0.3) is 0 Å². The summed E-state index contributed by atoms with van der Waals surface area (Å²) in [6, 6.07) is 5.64. The van der Waals surface area contributed by atoms with E-state index in [1.54, 1.807) is 6.07 Å². The van der Waals surface area contributed by atoms with E-state index in [2.05, 4.69) is 17.1 Å². The van der Waals surface area contributed by atoms with Gasteiger partial charge in [-0.25, -0.2) is 4.39 Å². The van der Waals surface area contributed by atoms with E-state index in [0.717, 1.165) is 32.0 Å². The van der Waals surface area contributed by atoms with Gasteiger partial charge in [0.05, 0.1) is 30.6 Å². The Morgan fingerprint density at radius 3 is 3.18 bits per heavy atom. The minimum absolute atomic E-state index is 0.165. The van der Waals surface area contributed by atoms with Crippen LogP contribution < -0.4 is 10.2 Å². The fourth-order valence-electron chi connectivity index (χ4n) is 2.87. The van der Waals surface area contributed by atoms with Crippen LogP contribution in [0, 0.1) is 11.7 Å². The molecule has 0 saturated carbocycles. The van der Waals surface area contributed by atoms with Crippen LogP contribution >= 0.6 is 0 Å². The molecule has 92 valence electrons. The normalized spacial score (nSPS) is 27.1. The van der Waals surface area contributed by atoms with E-state index < -0.39 is 0 Å². The molecular formula is C13H17FN2O. The molecular weight excluding hydrogens is 219 g/mol. The van der Waals surface area contributed by atoms with Crippen LogP contribution in [-0.4, -0.2) is 32.3 Å². The number of rotatable bonds is 1. The summed E-state index contributed by atoms with van der Waals surface area (Å²) in [4.78, 5) is 2.26. The fraction of sp³-hybridized carbons (Fsp3) is 0.538. The molecule has 0 bridgehead atoms. The Kier molecular flexibility index (Phi) is 2.67. The van der Waals surface area contributed by atoms with E-state index in [-0.39, 0.29) is 5.82 Å². The van der Waals surface area contributed by atoms with Crippen molar-refractivity contribution in [1.29, 1.82) is 0 Å². The molecule has 1 fully saturated rings. The first kappa shape index (κ1) is 10.8. The van der Waals surface area contributed by atoms with E-state index in [1.165, 1.54) is 6.07 Å². The topological polar surface area (TPSA) is 24.5 Å². The van der Waals surface area contributed by atoms with Gasteiger partial charge in [-0.15, -0.1) is 0 Å². The Bertz CT molecular complexity index is 424. The van der Waals surface area contributed by atoms with Crippen molar-refractivity contribution in [3.8, 4) is 0 Å². The lowest BCUT2D eigenvalue weighted by Gasteiger charge is -2.30. The van der Waals surface area contributed by atoms with E-state index in [1.807, 2.05) is 6.07 Å². The summed E-state index contributed by atoms with van der Waals surface area (Å²) < 4.78 is 19.4. The van der Waals surface area contributed by atoms with Gasteiger partial charge in [0.1, 0.15) is 5.82 Å². The molecule has 3 nitrogen and oxygen atoms in total. The number of nitrogens with one attached hydrogen (secondary N) is 1. The summed E-state index contributed by atoms with van der Waals surface area (Å²) in [5.74, 6) is 0.281. The third-order valence-electron chi connectivity index (χ3n) is 3.75. The first-order chi connectivity index (χ1) is 8.31. The molecule has 2 unspecified atom stereocenters. The summed E-state index contributed by atoms with van der Waals surface area (Å²) in [6.45, 7) is 5.28. The quantitative estimate of drug-likeness (QED) is 0.808. The highest BCUT2D eigenvalue weighted by Gasteiger charge is 2.36. The summed E-state index contributed by atoms with van der Waals surface area (Å²) in [7, 11) is 0. The molecule has 1 aromatic rings. The van der Waals surface area contributed by atoms with Gasteiger partial charge >= 0.3 is 0 Å². The van der Waals surface area contributed by atoms with Crippen LogP contribution in [-0.2, 0) is 4.74 Å². The number of nitrogens with zero attached hydrogens (tertiary/aromatic N) is 1. The number of likely N-dealkylation sites (N-methyl/N-ethyl adjacent to an activating group) is 1. The second-order valence-corrected chi connectivity index (χ2v) is 4.67. The fourth-order valence-corrected chi connectivity index (χ4v) is 2.87.